The standard InChI is InChI=1S/C25H25F4N5O3/c1-3-19(22-30-11-16(12-31-22)25(27,28)29)33-24(36)20-10-18(21-13-37-9-8-34(20)21)23(35)32-14(2)15-4-6-17(26)7-5-15/h4-7,10-12,14,19H,3,8-9,13H2,1-2H3,(H,32,35)(H,33,36)/t14-,19-/m1/s1. The maximum Gasteiger partial charge on any atom is 0.419 e. The Morgan fingerprint density at radius 1 is 1.11 bits per heavy atom. The van der Waals surface area contributed by atoms with Gasteiger partial charge in [0.25, 0.3) is 11.8 Å². The number of hydrogen-bond donors (Lipinski definition) is 2. The number of benzene rings is 1. The normalized spacial score (nSPS) is 15.0. The Morgan fingerprint density at radius 2 is 1.78 bits per heavy atom. The molecule has 0 saturated heterocycles. The molecule has 2 aromatic heterocycles. The zero-order valence-electron chi connectivity index (χ0n) is 20.1. The third-order valence-corrected chi connectivity index (χ3v) is 6.13. The maximum absolute atomic E-state index is 13.2. The number of nitrogens with zero attached hydrogens (tertiary/aromatic N) is 3. The third-order valence-electron chi connectivity index (χ3n) is 6.13. The molecule has 2 N–H and O–H groups in total. The van der Waals surface area contributed by atoms with Crippen LogP contribution in [0.1, 0.15) is 75.8 Å². The van der Waals surface area contributed by atoms with E-state index in [2.05, 4.69) is 20.6 Å². The first-order chi connectivity index (χ1) is 17.6. The number of rotatable bonds is 7. The molecule has 3 aromatic rings. The number of hydrogen-bond acceptors (Lipinski definition) is 5. The van der Waals surface area contributed by atoms with E-state index in [0.717, 1.165) is 0 Å². The molecule has 1 aliphatic rings. The number of ether oxygens (including phenoxy) is 1. The van der Waals surface area contributed by atoms with E-state index in [9.17, 15) is 27.2 Å². The second-order valence-corrected chi connectivity index (χ2v) is 8.60. The van der Waals surface area contributed by atoms with Gasteiger partial charge in [-0.3, -0.25) is 9.59 Å². The molecule has 0 saturated carbocycles. The summed E-state index contributed by atoms with van der Waals surface area (Å²) in [4.78, 5) is 33.9. The summed E-state index contributed by atoms with van der Waals surface area (Å²) in [6.45, 7) is 4.30. The largest absolute Gasteiger partial charge is 0.419 e. The molecular weight excluding hydrogens is 494 g/mol. The lowest BCUT2D eigenvalue weighted by Crippen LogP contribution is -2.32. The monoisotopic (exact) mass is 519 g/mol. The van der Waals surface area contributed by atoms with Crippen LogP contribution in [0.3, 0.4) is 0 Å². The molecular formula is C25H25F4N5O3. The van der Waals surface area contributed by atoms with Gasteiger partial charge in [-0.2, -0.15) is 13.2 Å². The van der Waals surface area contributed by atoms with Gasteiger partial charge in [-0.25, -0.2) is 14.4 Å². The number of amides is 2. The fraction of sp³-hybridized carbons (Fsp3) is 0.360. The highest BCUT2D eigenvalue weighted by Gasteiger charge is 2.32. The topological polar surface area (TPSA) is 98.1 Å². The summed E-state index contributed by atoms with van der Waals surface area (Å²) in [6.07, 6.45) is -2.88. The molecule has 1 aliphatic heterocycles. The molecule has 3 heterocycles. The van der Waals surface area contributed by atoms with E-state index in [1.807, 2.05) is 0 Å². The van der Waals surface area contributed by atoms with Crippen LogP contribution in [-0.2, 0) is 24.1 Å². The van der Waals surface area contributed by atoms with Crippen LogP contribution in [0.25, 0.3) is 0 Å². The van der Waals surface area contributed by atoms with E-state index in [0.29, 0.717) is 43.2 Å². The summed E-state index contributed by atoms with van der Waals surface area (Å²) < 4.78 is 59.0. The summed E-state index contributed by atoms with van der Waals surface area (Å²) >= 11 is 0. The number of nitrogens with one attached hydrogen (secondary N) is 2. The van der Waals surface area contributed by atoms with Gasteiger partial charge < -0.3 is 19.9 Å². The Balaban J connectivity index is 1.54. The first-order valence-electron chi connectivity index (χ1n) is 11.6. The van der Waals surface area contributed by atoms with E-state index >= 15 is 0 Å². The van der Waals surface area contributed by atoms with Gasteiger partial charge in [0.15, 0.2) is 0 Å². The van der Waals surface area contributed by atoms with Gasteiger partial charge in [0.2, 0.25) is 0 Å². The molecule has 2 atom stereocenters. The molecule has 0 aliphatic carbocycles. The predicted octanol–water partition coefficient (Wildman–Crippen LogP) is 4.34. The van der Waals surface area contributed by atoms with Crippen LogP contribution in [-0.4, -0.2) is 33.0 Å². The second-order valence-electron chi connectivity index (χ2n) is 8.60. The van der Waals surface area contributed by atoms with Gasteiger partial charge in [-0.15, -0.1) is 0 Å². The number of fused-ring (bicyclic) bond motifs is 1. The van der Waals surface area contributed by atoms with Crippen LogP contribution < -0.4 is 10.6 Å². The molecule has 37 heavy (non-hydrogen) atoms. The van der Waals surface area contributed by atoms with Crippen molar-refractivity contribution < 1.29 is 31.9 Å². The molecule has 0 bridgehead atoms. The summed E-state index contributed by atoms with van der Waals surface area (Å²) in [5, 5.41) is 5.61. The summed E-state index contributed by atoms with van der Waals surface area (Å²) in [7, 11) is 0. The Morgan fingerprint density at radius 3 is 2.41 bits per heavy atom. The van der Waals surface area contributed by atoms with Crippen LogP contribution in [0.15, 0.2) is 42.7 Å². The third kappa shape index (κ3) is 5.79. The number of carbonyl (C=O) groups is 2. The Kier molecular flexibility index (Phi) is 7.58. The zero-order chi connectivity index (χ0) is 26.7. The highest BCUT2D eigenvalue weighted by molar-refractivity contribution is 6.01. The van der Waals surface area contributed by atoms with Gasteiger partial charge in [0, 0.05) is 18.9 Å². The van der Waals surface area contributed by atoms with Gasteiger partial charge >= 0.3 is 6.18 Å². The number of halogens is 4. The van der Waals surface area contributed by atoms with E-state index in [1.54, 1.807) is 30.5 Å². The van der Waals surface area contributed by atoms with Gasteiger partial charge in [-0.05, 0) is 37.1 Å². The smallest absolute Gasteiger partial charge is 0.373 e. The lowest BCUT2D eigenvalue weighted by molar-refractivity contribution is -0.138. The molecule has 12 heteroatoms. The number of alkyl halides is 3. The SMILES string of the molecule is CC[C@@H](NC(=O)c1cc(C(=O)N[C@H](C)c2ccc(F)cc2)c2n1CCOC2)c1ncc(C(F)(F)F)cn1. The van der Waals surface area contributed by atoms with Crippen LogP contribution in [0.5, 0.6) is 0 Å². The van der Waals surface area contributed by atoms with Crippen molar-refractivity contribution >= 4 is 11.8 Å². The van der Waals surface area contributed by atoms with E-state index in [1.165, 1.54) is 18.2 Å². The maximum atomic E-state index is 13.2. The van der Waals surface area contributed by atoms with Gasteiger partial charge in [-0.1, -0.05) is 19.1 Å². The van der Waals surface area contributed by atoms with Crippen LogP contribution >= 0.6 is 0 Å². The van der Waals surface area contributed by atoms with E-state index in [-0.39, 0.29) is 29.5 Å². The first kappa shape index (κ1) is 26.3. The summed E-state index contributed by atoms with van der Waals surface area (Å²) in [5.74, 6) is -1.29. The first-order valence-corrected chi connectivity index (χ1v) is 11.6. The highest BCUT2D eigenvalue weighted by Crippen LogP contribution is 2.28. The fourth-order valence-electron chi connectivity index (χ4n) is 4.06. The van der Waals surface area contributed by atoms with Crippen molar-refractivity contribution in [2.45, 2.75) is 51.7 Å². The molecule has 0 spiro atoms. The fourth-order valence-corrected chi connectivity index (χ4v) is 4.06. The lowest BCUT2D eigenvalue weighted by atomic mass is 10.1. The van der Waals surface area contributed by atoms with Crippen LogP contribution in [0.4, 0.5) is 17.6 Å². The van der Waals surface area contributed by atoms with E-state index in [4.69, 9.17) is 4.74 Å². The second kappa shape index (κ2) is 10.7. The van der Waals surface area contributed by atoms with Crippen LogP contribution in [0, 0.1) is 5.82 Å². The number of aromatic nitrogens is 3. The molecule has 8 nitrogen and oxygen atoms in total. The lowest BCUT2D eigenvalue weighted by Gasteiger charge is -2.21. The van der Waals surface area contributed by atoms with Crippen molar-refractivity contribution in [3.63, 3.8) is 0 Å². The Bertz CT molecular complexity index is 1270. The van der Waals surface area contributed by atoms with Crippen molar-refractivity contribution in [1.29, 1.82) is 0 Å². The highest BCUT2D eigenvalue weighted by atomic mass is 19.4. The molecule has 196 valence electrons. The predicted molar refractivity (Wildman–Crippen MR) is 124 cm³/mol. The zero-order valence-corrected chi connectivity index (χ0v) is 20.1. The van der Waals surface area contributed by atoms with Crippen molar-refractivity contribution in [3.8, 4) is 0 Å². The van der Waals surface area contributed by atoms with Crippen molar-refractivity contribution in [2.24, 2.45) is 0 Å². The Labute approximate surface area is 210 Å². The molecule has 2 amide bonds. The minimum absolute atomic E-state index is 0.0451. The summed E-state index contributed by atoms with van der Waals surface area (Å²) in [6, 6.07) is 6.06. The summed E-state index contributed by atoms with van der Waals surface area (Å²) in [5.41, 5.74) is 0.725. The molecule has 0 fully saturated rings. The van der Waals surface area contributed by atoms with Crippen molar-refractivity contribution in [1.82, 2.24) is 25.2 Å². The van der Waals surface area contributed by atoms with Gasteiger partial charge in [0.05, 0.1) is 42.1 Å². The van der Waals surface area contributed by atoms with Gasteiger partial charge in [0.1, 0.15) is 17.3 Å². The average Bonchev–Trinajstić information content (AvgIpc) is 3.27. The van der Waals surface area contributed by atoms with E-state index < -0.39 is 35.6 Å². The minimum Gasteiger partial charge on any atom is -0.373 e. The molecule has 4 rings (SSSR count). The quantitative estimate of drug-likeness (QED) is 0.453. The molecule has 0 unspecified atom stereocenters. The van der Waals surface area contributed by atoms with Crippen LogP contribution in [0.2, 0.25) is 0 Å². The Hall–Kier alpha value is -3.80. The average molecular weight is 519 g/mol. The molecule has 0 radical (unpaired) electrons. The van der Waals surface area contributed by atoms with Crippen molar-refractivity contribution in [3.05, 3.63) is 82.4 Å². The van der Waals surface area contributed by atoms with Crippen molar-refractivity contribution in [2.75, 3.05) is 6.61 Å². The number of carbonyl (C=O) groups excluding carboxylic acids is 2. The molecule has 1 aromatic carbocycles. The minimum atomic E-state index is -4.57.